The van der Waals surface area contributed by atoms with E-state index >= 15 is 0 Å². The van der Waals surface area contributed by atoms with Crippen molar-refractivity contribution in [2.75, 3.05) is 32.8 Å². The van der Waals surface area contributed by atoms with Gasteiger partial charge in [0.15, 0.2) is 0 Å². The first-order valence-electron chi connectivity index (χ1n) is 7.78. The standard InChI is InChI=1S/C15H30N2O/c1-4-15(3)13(12-14(15)18-5-2)16-8-11-17-9-6-7-10-17/h13-14,16H,4-12H2,1-3H3. The molecular formula is C15H30N2O. The highest BCUT2D eigenvalue weighted by atomic mass is 16.5. The van der Waals surface area contributed by atoms with Gasteiger partial charge in [-0.25, -0.2) is 0 Å². The van der Waals surface area contributed by atoms with Crippen molar-refractivity contribution in [3.8, 4) is 0 Å². The Morgan fingerprint density at radius 3 is 2.61 bits per heavy atom. The van der Waals surface area contributed by atoms with E-state index in [1.807, 2.05) is 0 Å². The summed E-state index contributed by atoms with van der Waals surface area (Å²) in [5.74, 6) is 0. The Hall–Kier alpha value is -0.120. The van der Waals surface area contributed by atoms with Crippen LogP contribution in [-0.2, 0) is 4.74 Å². The first kappa shape index (κ1) is 14.3. The molecule has 0 aromatic heterocycles. The lowest BCUT2D eigenvalue weighted by atomic mass is 9.61. The maximum atomic E-state index is 5.84. The SMILES string of the molecule is CCOC1CC(NCCN2CCCC2)C1(C)CC. The van der Waals surface area contributed by atoms with Gasteiger partial charge in [0.1, 0.15) is 0 Å². The third kappa shape index (κ3) is 2.89. The molecule has 3 unspecified atom stereocenters. The molecule has 1 aliphatic carbocycles. The van der Waals surface area contributed by atoms with E-state index in [0.29, 0.717) is 17.6 Å². The highest BCUT2D eigenvalue weighted by Gasteiger charge is 2.50. The molecule has 0 radical (unpaired) electrons. The summed E-state index contributed by atoms with van der Waals surface area (Å²) in [7, 11) is 0. The predicted octanol–water partition coefficient (Wildman–Crippen LogP) is 2.27. The number of nitrogens with one attached hydrogen (secondary N) is 1. The summed E-state index contributed by atoms with van der Waals surface area (Å²) in [4.78, 5) is 2.58. The zero-order chi connectivity index (χ0) is 13.0. The van der Waals surface area contributed by atoms with Gasteiger partial charge in [-0.1, -0.05) is 13.8 Å². The van der Waals surface area contributed by atoms with Gasteiger partial charge in [-0.2, -0.15) is 0 Å². The highest BCUT2D eigenvalue weighted by Crippen LogP contribution is 2.45. The van der Waals surface area contributed by atoms with Crippen molar-refractivity contribution in [1.82, 2.24) is 10.2 Å². The molecule has 0 bridgehead atoms. The molecule has 106 valence electrons. The van der Waals surface area contributed by atoms with E-state index in [1.54, 1.807) is 0 Å². The van der Waals surface area contributed by atoms with Crippen LogP contribution in [0.1, 0.15) is 46.5 Å². The predicted molar refractivity (Wildman–Crippen MR) is 75.9 cm³/mol. The van der Waals surface area contributed by atoms with Crippen LogP contribution in [0.5, 0.6) is 0 Å². The zero-order valence-electron chi connectivity index (χ0n) is 12.4. The van der Waals surface area contributed by atoms with Crippen LogP contribution in [-0.4, -0.2) is 49.8 Å². The molecule has 0 amide bonds. The van der Waals surface area contributed by atoms with Crippen molar-refractivity contribution < 1.29 is 4.74 Å². The van der Waals surface area contributed by atoms with Gasteiger partial charge in [0.2, 0.25) is 0 Å². The van der Waals surface area contributed by atoms with E-state index in [-0.39, 0.29) is 0 Å². The van der Waals surface area contributed by atoms with Crippen LogP contribution in [0, 0.1) is 5.41 Å². The summed E-state index contributed by atoms with van der Waals surface area (Å²) in [6, 6.07) is 0.654. The second-order valence-electron chi connectivity index (χ2n) is 6.09. The number of rotatable bonds is 7. The lowest BCUT2D eigenvalue weighted by Gasteiger charge is -2.54. The van der Waals surface area contributed by atoms with E-state index in [4.69, 9.17) is 4.74 Å². The average Bonchev–Trinajstić information content (AvgIpc) is 2.89. The molecule has 18 heavy (non-hydrogen) atoms. The molecular weight excluding hydrogens is 224 g/mol. The lowest BCUT2D eigenvalue weighted by Crippen LogP contribution is -2.62. The molecule has 0 aromatic rings. The van der Waals surface area contributed by atoms with E-state index in [2.05, 4.69) is 31.0 Å². The van der Waals surface area contributed by atoms with Gasteiger partial charge < -0.3 is 15.0 Å². The Kier molecular flexibility index (Phi) is 5.05. The molecule has 1 saturated heterocycles. The molecule has 2 rings (SSSR count). The average molecular weight is 254 g/mol. The Labute approximate surface area is 112 Å². The van der Waals surface area contributed by atoms with Crippen LogP contribution < -0.4 is 5.32 Å². The van der Waals surface area contributed by atoms with Crippen molar-refractivity contribution in [3.63, 3.8) is 0 Å². The van der Waals surface area contributed by atoms with Gasteiger partial charge in [0, 0.05) is 31.2 Å². The van der Waals surface area contributed by atoms with E-state index in [1.165, 1.54) is 45.3 Å². The van der Waals surface area contributed by atoms with Gasteiger partial charge in [0.25, 0.3) is 0 Å². The summed E-state index contributed by atoms with van der Waals surface area (Å²) in [5, 5.41) is 3.75. The van der Waals surface area contributed by atoms with E-state index in [9.17, 15) is 0 Å². The van der Waals surface area contributed by atoms with E-state index < -0.39 is 0 Å². The fraction of sp³-hybridized carbons (Fsp3) is 1.00. The lowest BCUT2D eigenvalue weighted by molar-refractivity contribution is -0.125. The third-order valence-corrected chi connectivity index (χ3v) is 5.13. The number of hydrogen-bond donors (Lipinski definition) is 1. The Balaban J connectivity index is 1.69. The van der Waals surface area contributed by atoms with Crippen molar-refractivity contribution in [2.45, 2.75) is 58.6 Å². The summed E-state index contributed by atoms with van der Waals surface area (Å²) in [6.07, 6.45) is 5.65. The largest absolute Gasteiger partial charge is 0.378 e. The topological polar surface area (TPSA) is 24.5 Å². The normalized spacial score (nSPS) is 36.8. The molecule has 2 fully saturated rings. The Morgan fingerprint density at radius 2 is 2.00 bits per heavy atom. The highest BCUT2D eigenvalue weighted by molar-refractivity contribution is 5.04. The number of hydrogen-bond acceptors (Lipinski definition) is 3. The first-order valence-corrected chi connectivity index (χ1v) is 7.78. The van der Waals surface area contributed by atoms with Crippen LogP contribution in [0.4, 0.5) is 0 Å². The molecule has 1 saturated carbocycles. The van der Waals surface area contributed by atoms with Crippen LogP contribution in [0.2, 0.25) is 0 Å². The molecule has 3 heteroatoms. The van der Waals surface area contributed by atoms with Gasteiger partial charge >= 0.3 is 0 Å². The summed E-state index contributed by atoms with van der Waals surface area (Å²) in [6.45, 7) is 12.6. The molecule has 2 aliphatic rings. The number of nitrogens with zero attached hydrogens (tertiary/aromatic N) is 1. The monoisotopic (exact) mass is 254 g/mol. The van der Waals surface area contributed by atoms with Gasteiger partial charge in [-0.05, 0) is 45.7 Å². The molecule has 0 spiro atoms. The summed E-state index contributed by atoms with van der Waals surface area (Å²) < 4.78 is 5.84. The maximum absolute atomic E-state index is 5.84. The van der Waals surface area contributed by atoms with Crippen LogP contribution >= 0.6 is 0 Å². The Bertz CT molecular complexity index is 253. The molecule has 1 N–H and O–H groups in total. The van der Waals surface area contributed by atoms with Crippen LogP contribution in [0.15, 0.2) is 0 Å². The molecule has 3 nitrogen and oxygen atoms in total. The minimum atomic E-state index is 0.348. The van der Waals surface area contributed by atoms with Gasteiger partial charge in [-0.3, -0.25) is 0 Å². The van der Waals surface area contributed by atoms with Crippen molar-refractivity contribution in [1.29, 1.82) is 0 Å². The molecule has 3 atom stereocenters. The molecule has 1 aliphatic heterocycles. The molecule has 0 aromatic carbocycles. The molecule has 1 heterocycles. The second kappa shape index (κ2) is 6.36. The van der Waals surface area contributed by atoms with Crippen molar-refractivity contribution >= 4 is 0 Å². The van der Waals surface area contributed by atoms with Crippen molar-refractivity contribution in [3.05, 3.63) is 0 Å². The summed E-state index contributed by atoms with van der Waals surface area (Å²) in [5.41, 5.74) is 0.348. The fourth-order valence-corrected chi connectivity index (χ4v) is 3.47. The Morgan fingerprint density at radius 1 is 1.28 bits per heavy atom. The third-order valence-electron chi connectivity index (χ3n) is 5.13. The zero-order valence-corrected chi connectivity index (χ0v) is 12.4. The maximum Gasteiger partial charge on any atom is 0.0658 e. The van der Waals surface area contributed by atoms with Crippen LogP contribution in [0.3, 0.4) is 0 Å². The summed E-state index contributed by atoms with van der Waals surface area (Å²) >= 11 is 0. The first-order chi connectivity index (χ1) is 8.70. The van der Waals surface area contributed by atoms with Crippen molar-refractivity contribution in [2.24, 2.45) is 5.41 Å². The quantitative estimate of drug-likeness (QED) is 0.754. The second-order valence-corrected chi connectivity index (χ2v) is 6.09. The van der Waals surface area contributed by atoms with Gasteiger partial charge in [-0.15, -0.1) is 0 Å². The number of ether oxygens (including phenoxy) is 1. The fourth-order valence-electron chi connectivity index (χ4n) is 3.47. The smallest absolute Gasteiger partial charge is 0.0658 e. The minimum absolute atomic E-state index is 0.348. The van der Waals surface area contributed by atoms with Gasteiger partial charge in [0.05, 0.1) is 6.10 Å². The van der Waals surface area contributed by atoms with E-state index in [0.717, 1.165) is 13.2 Å². The van der Waals surface area contributed by atoms with Crippen LogP contribution in [0.25, 0.3) is 0 Å². The minimum Gasteiger partial charge on any atom is -0.378 e. The number of likely N-dealkylation sites (tertiary alicyclic amines) is 1.